The Morgan fingerprint density at radius 1 is 0.893 bits per heavy atom. The molecule has 0 aliphatic heterocycles. The SMILES string of the molecule is COc1ccccc1CCNCc1cc(Cl)ccc1OCc1cccc(C)c1. The summed E-state index contributed by atoms with van der Waals surface area (Å²) in [5.41, 5.74) is 4.64. The molecular formula is C24H26ClNO2. The summed E-state index contributed by atoms with van der Waals surface area (Å²) in [4.78, 5) is 0. The van der Waals surface area contributed by atoms with Gasteiger partial charge in [-0.25, -0.2) is 0 Å². The van der Waals surface area contributed by atoms with Gasteiger partial charge in [0.2, 0.25) is 0 Å². The van der Waals surface area contributed by atoms with Gasteiger partial charge in [-0.1, -0.05) is 59.6 Å². The minimum Gasteiger partial charge on any atom is -0.496 e. The number of para-hydroxylation sites is 1. The van der Waals surface area contributed by atoms with E-state index in [9.17, 15) is 0 Å². The zero-order chi connectivity index (χ0) is 19.8. The van der Waals surface area contributed by atoms with Crippen LogP contribution in [0.25, 0.3) is 0 Å². The first-order valence-corrected chi connectivity index (χ1v) is 9.83. The molecule has 0 aliphatic carbocycles. The maximum absolute atomic E-state index is 6.20. The topological polar surface area (TPSA) is 30.5 Å². The van der Waals surface area contributed by atoms with Crippen LogP contribution in [0.1, 0.15) is 22.3 Å². The van der Waals surface area contributed by atoms with Gasteiger partial charge in [-0.05, 0) is 55.3 Å². The minimum absolute atomic E-state index is 0.539. The first-order valence-electron chi connectivity index (χ1n) is 9.45. The second-order valence-corrected chi connectivity index (χ2v) is 7.20. The molecule has 0 spiro atoms. The largest absolute Gasteiger partial charge is 0.496 e. The Labute approximate surface area is 172 Å². The van der Waals surface area contributed by atoms with Crippen molar-refractivity contribution < 1.29 is 9.47 Å². The molecule has 0 bridgehead atoms. The van der Waals surface area contributed by atoms with Gasteiger partial charge in [0.25, 0.3) is 0 Å². The lowest BCUT2D eigenvalue weighted by molar-refractivity contribution is 0.302. The molecule has 3 aromatic rings. The maximum Gasteiger partial charge on any atom is 0.124 e. The third-order valence-electron chi connectivity index (χ3n) is 4.58. The summed E-state index contributed by atoms with van der Waals surface area (Å²) in [5, 5.41) is 4.19. The molecule has 0 aliphatic rings. The number of halogens is 1. The highest BCUT2D eigenvalue weighted by Crippen LogP contribution is 2.24. The van der Waals surface area contributed by atoms with Crippen LogP contribution in [-0.2, 0) is 19.6 Å². The molecule has 1 N–H and O–H groups in total. The Morgan fingerprint density at radius 2 is 1.75 bits per heavy atom. The smallest absolute Gasteiger partial charge is 0.124 e. The summed E-state index contributed by atoms with van der Waals surface area (Å²) in [7, 11) is 1.70. The van der Waals surface area contributed by atoms with Gasteiger partial charge in [0.15, 0.2) is 0 Å². The van der Waals surface area contributed by atoms with Crippen LogP contribution in [0.3, 0.4) is 0 Å². The number of methoxy groups -OCH3 is 1. The number of nitrogens with one attached hydrogen (secondary N) is 1. The van der Waals surface area contributed by atoms with Crippen LogP contribution in [0.2, 0.25) is 5.02 Å². The van der Waals surface area contributed by atoms with Crippen LogP contribution in [0, 0.1) is 6.92 Å². The fourth-order valence-corrected chi connectivity index (χ4v) is 3.34. The Hall–Kier alpha value is -2.49. The van der Waals surface area contributed by atoms with E-state index in [2.05, 4.69) is 42.6 Å². The van der Waals surface area contributed by atoms with Crippen molar-refractivity contribution in [1.29, 1.82) is 0 Å². The number of hydrogen-bond acceptors (Lipinski definition) is 3. The van der Waals surface area contributed by atoms with Crippen molar-refractivity contribution in [2.45, 2.75) is 26.5 Å². The van der Waals surface area contributed by atoms with Crippen LogP contribution in [-0.4, -0.2) is 13.7 Å². The molecule has 0 heterocycles. The van der Waals surface area contributed by atoms with E-state index in [4.69, 9.17) is 21.1 Å². The Balaban J connectivity index is 1.58. The lowest BCUT2D eigenvalue weighted by Crippen LogP contribution is -2.17. The zero-order valence-electron chi connectivity index (χ0n) is 16.4. The van der Waals surface area contributed by atoms with Crippen LogP contribution < -0.4 is 14.8 Å². The first-order chi connectivity index (χ1) is 13.7. The molecule has 4 heteroatoms. The van der Waals surface area contributed by atoms with E-state index in [0.29, 0.717) is 18.2 Å². The molecule has 0 saturated carbocycles. The second-order valence-electron chi connectivity index (χ2n) is 6.77. The van der Waals surface area contributed by atoms with Gasteiger partial charge in [-0.15, -0.1) is 0 Å². The zero-order valence-corrected chi connectivity index (χ0v) is 17.1. The van der Waals surface area contributed by atoms with Gasteiger partial charge >= 0.3 is 0 Å². The fourth-order valence-electron chi connectivity index (χ4n) is 3.15. The Bertz CT molecular complexity index is 911. The number of ether oxygens (including phenoxy) is 2. The van der Waals surface area contributed by atoms with Crippen LogP contribution in [0.4, 0.5) is 0 Å². The average molecular weight is 396 g/mol. The van der Waals surface area contributed by atoms with E-state index < -0.39 is 0 Å². The van der Waals surface area contributed by atoms with Crippen LogP contribution in [0.5, 0.6) is 11.5 Å². The molecule has 3 nitrogen and oxygen atoms in total. The molecule has 0 fully saturated rings. The summed E-state index contributed by atoms with van der Waals surface area (Å²) in [6, 6.07) is 22.2. The molecule has 3 aromatic carbocycles. The molecule has 3 rings (SSSR count). The molecule has 28 heavy (non-hydrogen) atoms. The van der Waals surface area contributed by atoms with Crippen molar-refractivity contribution in [3.63, 3.8) is 0 Å². The van der Waals surface area contributed by atoms with Crippen LogP contribution >= 0.6 is 11.6 Å². The molecular weight excluding hydrogens is 370 g/mol. The number of rotatable bonds is 9. The number of benzene rings is 3. The third kappa shape index (κ3) is 5.75. The lowest BCUT2D eigenvalue weighted by atomic mass is 10.1. The third-order valence-corrected chi connectivity index (χ3v) is 4.81. The molecule has 0 amide bonds. The van der Waals surface area contributed by atoms with E-state index in [1.54, 1.807) is 7.11 Å². The number of hydrogen-bond donors (Lipinski definition) is 1. The van der Waals surface area contributed by atoms with Crippen molar-refractivity contribution in [3.8, 4) is 11.5 Å². The maximum atomic E-state index is 6.20. The average Bonchev–Trinajstić information content (AvgIpc) is 2.71. The molecule has 0 atom stereocenters. The predicted octanol–water partition coefficient (Wildman–Crippen LogP) is 5.57. The van der Waals surface area contributed by atoms with Gasteiger partial charge in [-0.3, -0.25) is 0 Å². The van der Waals surface area contributed by atoms with Crippen molar-refractivity contribution in [3.05, 3.63) is 94.0 Å². The van der Waals surface area contributed by atoms with E-state index in [1.807, 2.05) is 36.4 Å². The quantitative estimate of drug-likeness (QED) is 0.480. The van der Waals surface area contributed by atoms with E-state index in [0.717, 1.165) is 35.6 Å². The van der Waals surface area contributed by atoms with Crippen molar-refractivity contribution in [2.75, 3.05) is 13.7 Å². The summed E-state index contributed by atoms with van der Waals surface area (Å²) in [6.07, 6.45) is 0.893. The van der Waals surface area contributed by atoms with Gasteiger partial charge < -0.3 is 14.8 Å². The summed E-state index contributed by atoms with van der Waals surface area (Å²) >= 11 is 6.20. The summed E-state index contributed by atoms with van der Waals surface area (Å²) in [5.74, 6) is 1.78. The van der Waals surface area contributed by atoms with E-state index >= 15 is 0 Å². The first kappa shape index (κ1) is 20.2. The fraction of sp³-hybridized carbons (Fsp3) is 0.250. The number of aryl methyl sites for hydroxylation is 1. The van der Waals surface area contributed by atoms with Crippen molar-refractivity contribution in [1.82, 2.24) is 5.32 Å². The van der Waals surface area contributed by atoms with Gasteiger partial charge in [0.1, 0.15) is 18.1 Å². The monoisotopic (exact) mass is 395 g/mol. The Kier molecular flexibility index (Phi) is 7.35. The molecule has 0 saturated heterocycles. The Morgan fingerprint density at radius 3 is 2.57 bits per heavy atom. The van der Waals surface area contributed by atoms with Gasteiger partial charge in [0.05, 0.1) is 7.11 Å². The van der Waals surface area contributed by atoms with Crippen molar-refractivity contribution in [2.24, 2.45) is 0 Å². The van der Waals surface area contributed by atoms with E-state index in [-0.39, 0.29) is 0 Å². The predicted molar refractivity (Wildman–Crippen MR) is 115 cm³/mol. The summed E-state index contributed by atoms with van der Waals surface area (Å²) < 4.78 is 11.5. The standard InChI is InChI=1S/C24H26ClNO2/c1-18-6-5-7-19(14-18)17-28-24-11-10-22(25)15-21(24)16-26-13-12-20-8-3-4-9-23(20)27-2/h3-11,14-15,26H,12-13,16-17H2,1-2H3. The highest BCUT2D eigenvalue weighted by molar-refractivity contribution is 6.30. The van der Waals surface area contributed by atoms with E-state index in [1.165, 1.54) is 11.1 Å². The molecule has 0 radical (unpaired) electrons. The van der Waals surface area contributed by atoms with Gasteiger partial charge in [0, 0.05) is 17.1 Å². The highest BCUT2D eigenvalue weighted by atomic mass is 35.5. The van der Waals surface area contributed by atoms with Crippen LogP contribution in [0.15, 0.2) is 66.7 Å². The summed E-state index contributed by atoms with van der Waals surface area (Å²) in [6.45, 7) is 4.16. The molecule has 0 aromatic heterocycles. The van der Waals surface area contributed by atoms with Gasteiger partial charge in [-0.2, -0.15) is 0 Å². The lowest BCUT2D eigenvalue weighted by Gasteiger charge is -2.14. The van der Waals surface area contributed by atoms with Crippen molar-refractivity contribution >= 4 is 11.6 Å². The molecule has 146 valence electrons. The molecule has 0 unspecified atom stereocenters. The minimum atomic E-state index is 0.539. The highest BCUT2D eigenvalue weighted by Gasteiger charge is 2.07. The second kappa shape index (κ2) is 10.2. The normalized spacial score (nSPS) is 10.7.